The van der Waals surface area contributed by atoms with Gasteiger partial charge in [0.15, 0.2) is 0 Å². The fourth-order valence-corrected chi connectivity index (χ4v) is 2.78. The number of rotatable bonds is 5. The number of methoxy groups -OCH3 is 1. The van der Waals surface area contributed by atoms with Crippen molar-refractivity contribution < 1.29 is 9.53 Å². The highest BCUT2D eigenvalue weighted by molar-refractivity contribution is 8.76. The molecule has 0 heterocycles. The molecule has 0 amide bonds. The zero-order valence-electron chi connectivity index (χ0n) is 8.86. The Hall–Kier alpha value is -0.610. The van der Waals surface area contributed by atoms with Crippen molar-refractivity contribution in [3.8, 4) is 0 Å². The molecule has 0 N–H and O–H groups in total. The van der Waals surface area contributed by atoms with E-state index in [1.165, 1.54) is 12.7 Å². The maximum absolute atomic E-state index is 11.2. The number of hydrogen-bond acceptors (Lipinski definition) is 4. The molecule has 82 valence electrons. The Labute approximate surface area is 98.2 Å². The van der Waals surface area contributed by atoms with Crippen LogP contribution in [0.5, 0.6) is 0 Å². The molecular weight excluding hydrogens is 228 g/mol. The van der Waals surface area contributed by atoms with E-state index >= 15 is 0 Å². The molecule has 1 rings (SSSR count). The van der Waals surface area contributed by atoms with E-state index in [1.807, 2.05) is 33.7 Å². The second kappa shape index (κ2) is 6.80. The molecule has 1 aromatic carbocycles. The summed E-state index contributed by atoms with van der Waals surface area (Å²) < 4.78 is 4.63. The topological polar surface area (TPSA) is 26.3 Å². The van der Waals surface area contributed by atoms with Gasteiger partial charge in [-0.2, -0.15) is 0 Å². The van der Waals surface area contributed by atoms with Gasteiger partial charge in [-0.25, -0.2) is 4.79 Å². The van der Waals surface area contributed by atoms with Crippen molar-refractivity contribution in [1.29, 1.82) is 0 Å². The highest BCUT2D eigenvalue weighted by atomic mass is 33.1. The van der Waals surface area contributed by atoms with Gasteiger partial charge in [0.1, 0.15) is 0 Å². The van der Waals surface area contributed by atoms with Gasteiger partial charge in [-0.05, 0) is 17.7 Å². The molecule has 0 atom stereocenters. The smallest absolute Gasteiger partial charge is 0.337 e. The van der Waals surface area contributed by atoms with E-state index in [0.29, 0.717) is 5.56 Å². The van der Waals surface area contributed by atoms with Crippen molar-refractivity contribution in [3.63, 3.8) is 0 Å². The average Bonchev–Trinajstić information content (AvgIpc) is 2.29. The van der Waals surface area contributed by atoms with Gasteiger partial charge in [-0.3, -0.25) is 0 Å². The van der Waals surface area contributed by atoms with Crippen LogP contribution in [0.4, 0.5) is 0 Å². The van der Waals surface area contributed by atoms with Crippen LogP contribution in [0, 0.1) is 0 Å². The summed E-state index contributed by atoms with van der Waals surface area (Å²) in [5.74, 6) is 1.81. The Balaban J connectivity index is 2.52. The maximum atomic E-state index is 11.2. The molecule has 0 bridgehead atoms. The van der Waals surface area contributed by atoms with Gasteiger partial charge in [-0.1, -0.05) is 40.6 Å². The molecule has 0 aliphatic heterocycles. The normalized spacial score (nSPS) is 10.0. The van der Waals surface area contributed by atoms with Gasteiger partial charge >= 0.3 is 5.97 Å². The van der Waals surface area contributed by atoms with Crippen LogP contribution in [0.25, 0.3) is 0 Å². The van der Waals surface area contributed by atoms with E-state index < -0.39 is 0 Å². The van der Waals surface area contributed by atoms with E-state index in [0.717, 1.165) is 11.5 Å². The second-order valence-corrected chi connectivity index (χ2v) is 5.61. The van der Waals surface area contributed by atoms with Crippen LogP contribution >= 0.6 is 21.6 Å². The fraction of sp³-hybridized carbons (Fsp3) is 0.364. The van der Waals surface area contributed by atoms with Crippen LogP contribution in [0.3, 0.4) is 0 Å². The summed E-state index contributed by atoms with van der Waals surface area (Å²) in [5.41, 5.74) is 1.84. The zero-order valence-corrected chi connectivity index (χ0v) is 10.5. The van der Waals surface area contributed by atoms with Gasteiger partial charge in [0.25, 0.3) is 0 Å². The van der Waals surface area contributed by atoms with Crippen molar-refractivity contribution >= 4 is 27.6 Å². The van der Waals surface area contributed by atoms with Crippen LogP contribution in [0.1, 0.15) is 22.8 Å². The lowest BCUT2D eigenvalue weighted by atomic mass is 10.1. The first-order valence-electron chi connectivity index (χ1n) is 4.69. The lowest BCUT2D eigenvalue weighted by molar-refractivity contribution is 0.0601. The molecule has 0 spiro atoms. The number of hydrogen-bond donors (Lipinski definition) is 0. The van der Waals surface area contributed by atoms with E-state index in [1.54, 1.807) is 12.1 Å². The summed E-state index contributed by atoms with van der Waals surface area (Å²) in [7, 11) is 5.06. The Morgan fingerprint density at radius 2 is 1.93 bits per heavy atom. The Morgan fingerprint density at radius 3 is 2.47 bits per heavy atom. The summed E-state index contributed by atoms with van der Waals surface area (Å²) in [4.78, 5) is 11.2. The third-order valence-corrected chi connectivity index (χ3v) is 4.22. The van der Waals surface area contributed by atoms with E-state index in [-0.39, 0.29) is 5.97 Å². The Kier molecular flexibility index (Phi) is 5.65. The average molecular weight is 242 g/mol. The molecule has 4 heteroatoms. The first kappa shape index (κ1) is 12.5. The molecule has 0 radical (unpaired) electrons. The number of carbonyl (C=O) groups excluding carboxylic acids is 1. The summed E-state index contributed by atoms with van der Waals surface area (Å²) in [6, 6.07) is 7.54. The first-order valence-corrected chi connectivity index (χ1v) is 7.18. The third kappa shape index (κ3) is 4.18. The van der Waals surface area contributed by atoms with Gasteiger partial charge in [0, 0.05) is 11.5 Å². The van der Waals surface area contributed by atoms with Crippen LogP contribution in [-0.4, -0.2) is 18.8 Å². The largest absolute Gasteiger partial charge is 0.465 e. The fourth-order valence-electron chi connectivity index (χ4n) is 1.05. The van der Waals surface area contributed by atoms with Crippen molar-refractivity contribution in [2.75, 3.05) is 12.9 Å². The van der Waals surface area contributed by atoms with Crippen molar-refractivity contribution in [2.24, 2.45) is 0 Å². The molecule has 1 aromatic rings. The zero-order chi connectivity index (χ0) is 11.1. The predicted octanol–water partition coefficient (Wildman–Crippen LogP) is 3.37. The minimum Gasteiger partial charge on any atom is -0.465 e. The Bertz CT molecular complexity index is 309. The molecule has 0 aliphatic rings. The van der Waals surface area contributed by atoms with Crippen LogP contribution in [-0.2, 0) is 10.5 Å². The van der Waals surface area contributed by atoms with E-state index in [9.17, 15) is 4.79 Å². The quantitative estimate of drug-likeness (QED) is 0.449. The predicted molar refractivity (Wildman–Crippen MR) is 67.2 cm³/mol. The van der Waals surface area contributed by atoms with Crippen molar-refractivity contribution in [2.45, 2.75) is 12.7 Å². The number of benzene rings is 1. The maximum Gasteiger partial charge on any atom is 0.337 e. The standard InChI is InChI=1S/C11H14O2S2/c1-3-14-15-8-9-4-6-10(7-5-9)11(12)13-2/h4-7H,3,8H2,1-2H3. The molecule has 0 fully saturated rings. The molecule has 15 heavy (non-hydrogen) atoms. The van der Waals surface area contributed by atoms with Crippen LogP contribution in [0.2, 0.25) is 0 Å². The number of ether oxygens (including phenoxy) is 1. The minimum atomic E-state index is -0.280. The van der Waals surface area contributed by atoms with Gasteiger partial charge in [0.05, 0.1) is 12.7 Å². The second-order valence-electron chi connectivity index (χ2n) is 2.86. The van der Waals surface area contributed by atoms with E-state index in [4.69, 9.17) is 0 Å². The third-order valence-electron chi connectivity index (χ3n) is 1.80. The summed E-state index contributed by atoms with van der Waals surface area (Å²) in [6.07, 6.45) is 0. The molecule has 0 saturated heterocycles. The van der Waals surface area contributed by atoms with Gasteiger partial charge in [-0.15, -0.1) is 0 Å². The molecule has 0 aromatic heterocycles. The van der Waals surface area contributed by atoms with Gasteiger partial charge < -0.3 is 4.74 Å². The summed E-state index contributed by atoms with van der Waals surface area (Å²) in [5, 5.41) is 0. The van der Waals surface area contributed by atoms with Gasteiger partial charge in [0.2, 0.25) is 0 Å². The molecule has 2 nitrogen and oxygen atoms in total. The first-order chi connectivity index (χ1) is 7.27. The van der Waals surface area contributed by atoms with Crippen LogP contribution < -0.4 is 0 Å². The minimum absolute atomic E-state index is 0.280. The Morgan fingerprint density at radius 1 is 1.27 bits per heavy atom. The highest BCUT2D eigenvalue weighted by Crippen LogP contribution is 2.25. The highest BCUT2D eigenvalue weighted by Gasteiger charge is 2.03. The van der Waals surface area contributed by atoms with Crippen molar-refractivity contribution in [1.82, 2.24) is 0 Å². The number of esters is 1. The number of carbonyl (C=O) groups is 1. The van der Waals surface area contributed by atoms with Crippen LogP contribution in [0.15, 0.2) is 24.3 Å². The molecule has 0 aliphatic carbocycles. The lowest BCUT2D eigenvalue weighted by Gasteiger charge is -2.02. The summed E-state index contributed by atoms with van der Waals surface area (Å²) in [6.45, 7) is 2.14. The van der Waals surface area contributed by atoms with Crippen molar-refractivity contribution in [3.05, 3.63) is 35.4 Å². The monoisotopic (exact) mass is 242 g/mol. The molecule has 0 saturated carbocycles. The molecule has 0 unspecified atom stereocenters. The SMILES string of the molecule is CCSSCc1ccc(C(=O)OC)cc1. The lowest BCUT2D eigenvalue weighted by Crippen LogP contribution is -2.00. The molecular formula is C11H14O2S2. The van der Waals surface area contributed by atoms with E-state index in [2.05, 4.69) is 11.7 Å². The summed E-state index contributed by atoms with van der Waals surface area (Å²) >= 11 is 0.